The predicted octanol–water partition coefficient (Wildman–Crippen LogP) is 3.08. The van der Waals surface area contributed by atoms with Gasteiger partial charge in [0.15, 0.2) is 6.29 Å². The summed E-state index contributed by atoms with van der Waals surface area (Å²) < 4.78 is 26.2. The number of nitrogens with zero attached hydrogens (tertiary/aromatic N) is 4. The van der Waals surface area contributed by atoms with Gasteiger partial charge >= 0.3 is 0 Å². The van der Waals surface area contributed by atoms with Gasteiger partial charge in [0.25, 0.3) is 0 Å². The largest absolute Gasteiger partial charge is 0.489 e. The van der Waals surface area contributed by atoms with E-state index < -0.39 is 0 Å². The topological polar surface area (TPSA) is 61.2 Å². The van der Waals surface area contributed by atoms with Crippen LogP contribution in [0.5, 0.6) is 5.75 Å². The number of imidazole rings is 1. The van der Waals surface area contributed by atoms with Gasteiger partial charge in [0.2, 0.25) is 0 Å². The molecule has 1 aromatic heterocycles. The van der Waals surface area contributed by atoms with Gasteiger partial charge in [-0.3, -0.25) is 4.90 Å². The van der Waals surface area contributed by atoms with Crippen molar-refractivity contribution in [1.82, 2.24) is 14.5 Å². The van der Waals surface area contributed by atoms with Crippen LogP contribution in [0.3, 0.4) is 0 Å². The first-order chi connectivity index (χ1) is 15.8. The molecule has 32 heavy (non-hydrogen) atoms. The van der Waals surface area contributed by atoms with E-state index in [1.165, 1.54) is 0 Å². The Labute approximate surface area is 197 Å². The van der Waals surface area contributed by atoms with Crippen LogP contribution in [0.25, 0.3) is 5.69 Å². The highest BCUT2D eigenvalue weighted by atomic mass is 79.9. The predicted molar refractivity (Wildman–Crippen MR) is 125 cm³/mol. The molecule has 0 spiro atoms. The van der Waals surface area contributed by atoms with Crippen LogP contribution in [0.15, 0.2) is 35.3 Å². The van der Waals surface area contributed by atoms with Crippen LogP contribution in [-0.4, -0.2) is 86.0 Å². The zero-order chi connectivity index (χ0) is 21.8. The maximum Gasteiger partial charge on any atom is 0.157 e. The molecular formula is C23H31BrN4O4. The van der Waals surface area contributed by atoms with Gasteiger partial charge in [-0.15, -0.1) is 0 Å². The second-order valence-corrected chi connectivity index (χ2v) is 9.33. The summed E-state index contributed by atoms with van der Waals surface area (Å²) in [7, 11) is 0. The van der Waals surface area contributed by atoms with E-state index in [1.54, 1.807) is 12.5 Å². The summed E-state index contributed by atoms with van der Waals surface area (Å²) in [5.41, 5.74) is 2.11. The summed E-state index contributed by atoms with van der Waals surface area (Å²) in [6, 6.07) is 4.84. The van der Waals surface area contributed by atoms with E-state index in [0.29, 0.717) is 19.3 Å². The molecular weight excluding hydrogens is 476 g/mol. The zero-order valence-corrected chi connectivity index (χ0v) is 19.9. The molecule has 0 radical (unpaired) electrons. The molecule has 8 nitrogen and oxygen atoms in total. The lowest BCUT2D eigenvalue weighted by atomic mass is 10.1. The molecule has 2 aromatic rings. The van der Waals surface area contributed by atoms with Crippen molar-refractivity contribution < 1.29 is 18.9 Å². The maximum atomic E-state index is 6.27. The lowest BCUT2D eigenvalue weighted by Crippen LogP contribution is -2.56. The molecule has 3 saturated heterocycles. The van der Waals surface area contributed by atoms with E-state index in [2.05, 4.69) is 42.8 Å². The van der Waals surface area contributed by atoms with Gasteiger partial charge in [-0.1, -0.05) is 0 Å². The lowest BCUT2D eigenvalue weighted by molar-refractivity contribution is -0.165. The zero-order valence-electron chi connectivity index (χ0n) is 18.3. The second kappa shape index (κ2) is 10.5. The molecule has 0 N–H and O–H groups in total. The van der Waals surface area contributed by atoms with E-state index >= 15 is 0 Å². The fraction of sp³-hybridized carbons (Fsp3) is 0.609. The smallest absolute Gasteiger partial charge is 0.157 e. The molecule has 1 aromatic carbocycles. The Kier molecular flexibility index (Phi) is 7.29. The van der Waals surface area contributed by atoms with Crippen molar-refractivity contribution in [2.24, 2.45) is 0 Å². The van der Waals surface area contributed by atoms with E-state index in [4.69, 9.17) is 18.9 Å². The number of hydrogen-bond donors (Lipinski definition) is 0. The Balaban J connectivity index is 1.28. The lowest BCUT2D eigenvalue weighted by Gasteiger charge is -2.43. The van der Waals surface area contributed by atoms with Crippen LogP contribution in [0.2, 0.25) is 0 Å². The molecule has 1 atom stereocenters. The number of rotatable bonds is 8. The minimum atomic E-state index is -0.0955. The van der Waals surface area contributed by atoms with E-state index in [9.17, 15) is 0 Å². The summed E-state index contributed by atoms with van der Waals surface area (Å²) in [6.45, 7) is 7.52. The summed E-state index contributed by atoms with van der Waals surface area (Å²) >= 11 is 3.76. The standard InChI is InChI=1S/C23H31BrN4O4/c24-19-13-21(27-8-6-26(7-9-27)18-15-29-16-18)22(14-20(19)28-5-4-25-17-28)30-11-12-32-23-3-1-2-10-31-23/h4-5,13-14,17-18,23H,1-3,6-12,15-16H2. The summed E-state index contributed by atoms with van der Waals surface area (Å²) in [4.78, 5) is 9.14. The fourth-order valence-corrected chi connectivity index (χ4v) is 4.97. The average Bonchev–Trinajstić information content (AvgIpc) is 3.32. The van der Waals surface area contributed by atoms with Crippen molar-refractivity contribution >= 4 is 21.6 Å². The molecule has 4 heterocycles. The summed E-state index contributed by atoms with van der Waals surface area (Å²) in [6.07, 6.45) is 8.67. The molecule has 0 saturated carbocycles. The molecule has 3 aliphatic heterocycles. The number of anilines is 1. The van der Waals surface area contributed by atoms with Crippen LogP contribution in [-0.2, 0) is 14.2 Å². The third-order valence-corrected chi connectivity index (χ3v) is 7.02. The monoisotopic (exact) mass is 506 g/mol. The normalized spacial score (nSPS) is 22.7. The van der Waals surface area contributed by atoms with Gasteiger partial charge < -0.3 is 28.4 Å². The summed E-state index contributed by atoms with van der Waals surface area (Å²) in [5.74, 6) is 0.866. The molecule has 3 aliphatic rings. The van der Waals surface area contributed by atoms with E-state index in [1.807, 2.05) is 10.8 Å². The first-order valence-electron chi connectivity index (χ1n) is 11.5. The molecule has 5 rings (SSSR count). The average molecular weight is 507 g/mol. The molecule has 174 valence electrons. The quantitative estimate of drug-likeness (QED) is 0.509. The number of ether oxygens (including phenoxy) is 4. The van der Waals surface area contributed by atoms with Crippen LogP contribution < -0.4 is 9.64 Å². The van der Waals surface area contributed by atoms with E-state index in [0.717, 1.165) is 86.9 Å². The molecule has 1 unspecified atom stereocenters. The van der Waals surface area contributed by atoms with Gasteiger partial charge in [0.1, 0.15) is 12.4 Å². The van der Waals surface area contributed by atoms with E-state index in [-0.39, 0.29) is 6.29 Å². The highest BCUT2D eigenvalue weighted by molar-refractivity contribution is 9.10. The third-order valence-electron chi connectivity index (χ3n) is 6.39. The first-order valence-corrected chi connectivity index (χ1v) is 12.3. The number of piperazine rings is 1. The van der Waals surface area contributed by atoms with Crippen molar-refractivity contribution in [2.75, 3.05) is 64.1 Å². The Morgan fingerprint density at radius 2 is 1.94 bits per heavy atom. The molecule has 9 heteroatoms. The minimum Gasteiger partial charge on any atom is -0.489 e. The number of benzene rings is 1. The van der Waals surface area contributed by atoms with Gasteiger partial charge in [-0.2, -0.15) is 0 Å². The minimum absolute atomic E-state index is 0.0955. The van der Waals surface area contributed by atoms with Crippen LogP contribution in [0.1, 0.15) is 19.3 Å². The highest BCUT2D eigenvalue weighted by Crippen LogP contribution is 2.37. The molecule has 0 bridgehead atoms. The van der Waals surface area contributed by atoms with Crippen molar-refractivity contribution in [1.29, 1.82) is 0 Å². The van der Waals surface area contributed by atoms with Crippen molar-refractivity contribution in [3.05, 3.63) is 35.3 Å². The molecule has 0 amide bonds. The van der Waals surface area contributed by atoms with Crippen LogP contribution in [0, 0.1) is 0 Å². The molecule has 0 aliphatic carbocycles. The number of halogens is 1. The third kappa shape index (κ3) is 5.12. The summed E-state index contributed by atoms with van der Waals surface area (Å²) in [5, 5.41) is 0. The Morgan fingerprint density at radius 3 is 2.62 bits per heavy atom. The first kappa shape index (κ1) is 22.2. The van der Waals surface area contributed by atoms with Gasteiger partial charge in [0, 0.05) is 55.7 Å². The van der Waals surface area contributed by atoms with Gasteiger partial charge in [-0.25, -0.2) is 4.98 Å². The molecule has 3 fully saturated rings. The Morgan fingerprint density at radius 1 is 1.06 bits per heavy atom. The van der Waals surface area contributed by atoms with Gasteiger partial charge in [-0.05, 0) is 41.3 Å². The SMILES string of the molecule is Brc1cc(N2CCN(C3COC3)CC2)c(OCCOC2CCCCO2)cc1-n1ccnc1. The maximum absolute atomic E-state index is 6.27. The highest BCUT2D eigenvalue weighted by Gasteiger charge is 2.30. The second-order valence-electron chi connectivity index (χ2n) is 8.47. The Hall–Kier alpha value is -1.65. The van der Waals surface area contributed by atoms with Crippen molar-refractivity contribution in [3.8, 4) is 11.4 Å². The van der Waals surface area contributed by atoms with Crippen molar-refractivity contribution in [2.45, 2.75) is 31.6 Å². The Bertz CT molecular complexity index is 863. The van der Waals surface area contributed by atoms with Crippen LogP contribution in [0.4, 0.5) is 5.69 Å². The fourth-order valence-electron chi connectivity index (χ4n) is 4.43. The van der Waals surface area contributed by atoms with Gasteiger partial charge in [0.05, 0.1) is 43.6 Å². The number of aromatic nitrogens is 2. The van der Waals surface area contributed by atoms with Crippen molar-refractivity contribution in [3.63, 3.8) is 0 Å². The number of hydrogen-bond acceptors (Lipinski definition) is 7. The van der Waals surface area contributed by atoms with Crippen LogP contribution >= 0.6 is 15.9 Å².